The molecule has 6 aromatic heterocycles. The molecule has 20 nitrogen and oxygen atoms in total. The number of carbonyl (C=O) groups is 3. The number of fused-ring (bicyclic) bond motifs is 2. The summed E-state index contributed by atoms with van der Waals surface area (Å²) < 4.78 is 44.2. The SMILES string of the molecule is CC(C)(C)OC(=O)CN(CCCN1CCOCC1)C(=O)Oc1c(Cc2ccco2)nc2c(Cc3ccccc3)nc(-c3ccccc3)cn12.CCCCN(CCCN1CCOCC1)C(=O)Oc1c(Cc2ccco2)nc2c(Cc3ccccc3)nc(-c3ccccc3)cn12. The lowest BCUT2D eigenvalue weighted by Crippen LogP contribution is -2.43. The second kappa shape index (κ2) is 32.4. The summed E-state index contributed by atoms with van der Waals surface area (Å²) in [7, 11) is 0. The highest BCUT2D eigenvalue weighted by Crippen LogP contribution is 2.33. The van der Waals surface area contributed by atoms with Gasteiger partial charge < -0.3 is 37.4 Å². The number of hydrogen-bond donors (Lipinski definition) is 0. The van der Waals surface area contributed by atoms with Gasteiger partial charge in [-0.1, -0.05) is 135 Å². The summed E-state index contributed by atoms with van der Waals surface area (Å²) >= 11 is 0. The first kappa shape index (κ1) is 66.0. The lowest BCUT2D eigenvalue weighted by atomic mass is 10.1. The number of furan rings is 2. The van der Waals surface area contributed by atoms with Crippen LogP contribution in [0.25, 0.3) is 33.8 Å². The van der Waals surface area contributed by atoms with Gasteiger partial charge >= 0.3 is 18.2 Å². The molecule has 2 fully saturated rings. The molecule has 94 heavy (non-hydrogen) atoms. The zero-order valence-electron chi connectivity index (χ0n) is 54.3. The predicted octanol–water partition coefficient (Wildman–Crippen LogP) is 12.5. The number of amides is 2. The van der Waals surface area contributed by atoms with Crippen LogP contribution >= 0.6 is 0 Å². The third-order valence-electron chi connectivity index (χ3n) is 16.2. The fourth-order valence-electron chi connectivity index (χ4n) is 11.5. The number of imidazole rings is 2. The van der Waals surface area contributed by atoms with E-state index in [4.69, 9.17) is 52.5 Å². The molecule has 0 atom stereocenters. The summed E-state index contributed by atoms with van der Waals surface area (Å²) in [5.74, 6) is 1.54. The predicted molar refractivity (Wildman–Crippen MR) is 358 cm³/mol. The molecule has 2 amide bonds. The average molecular weight is 1270 g/mol. The van der Waals surface area contributed by atoms with Crippen LogP contribution in [0.15, 0.2) is 179 Å². The van der Waals surface area contributed by atoms with Gasteiger partial charge in [-0.25, -0.2) is 29.5 Å². The van der Waals surface area contributed by atoms with E-state index in [0.717, 1.165) is 117 Å². The summed E-state index contributed by atoms with van der Waals surface area (Å²) in [6.07, 6.45) is 11.2. The molecule has 0 radical (unpaired) electrons. The Labute approximate surface area is 549 Å². The Morgan fingerprint density at radius 1 is 0.489 bits per heavy atom. The smallest absolute Gasteiger partial charge is 0.417 e. The summed E-state index contributed by atoms with van der Waals surface area (Å²) in [6.45, 7) is 17.0. The van der Waals surface area contributed by atoms with Crippen molar-refractivity contribution in [3.63, 3.8) is 0 Å². The summed E-state index contributed by atoms with van der Waals surface area (Å²) in [5.41, 5.74) is 8.76. The molecule has 12 rings (SSSR count). The topological polar surface area (TPSA) is 197 Å². The van der Waals surface area contributed by atoms with E-state index >= 15 is 0 Å². The van der Waals surface area contributed by atoms with Gasteiger partial charge in [0.25, 0.3) is 0 Å². The monoisotopic (exact) mass is 1270 g/mol. The Bertz CT molecular complexity index is 4000. The lowest BCUT2D eigenvalue weighted by Gasteiger charge is -2.28. The molecule has 0 saturated carbocycles. The minimum atomic E-state index is -0.700. The van der Waals surface area contributed by atoms with Crippen LogP contribution in [-0.2, 0) is 44.7 Å². The van der Waals surface area contributed by atoms with Crippen molar-refractivity contribution in [3.05, 3.63) is 216 Å². The second-order valence-electron chi connectivity index (χ2n) is 24.5. The molecule has 0 bridgehead atoms. The van der Waals surface area contributed by atoms with E-state index in [9.17, 15) is 14.4 Å². The number of benzene rings is 4. The van der Waals surface area contributed by atoms with Crippen molar-refractivity contribution >= 4 is 29.5 Å². The molecule has 2 aliphatic rings. The normalized spacial score (nSPS) is 13.7. The molecular formula is C74H84N10O10. The van der Waals surface area contributed by atoms with Gasteiger partial charge in [-0.3, -0.25) is 28.3 Å². The fourth-order valence-corrected chi connectivity index (χ4v) is 11.5. The van der Waals surface area contributed by atoms with Crippen LogP contribution < -0.4 is 9.47 Å². The average Bonchev–Trinajstić information content (AvgIpc) is 1.61. The first-order chi connectivity index (χ1) is 45.9. The van der Waals surface area contributed by atoms with Crippen molar-refractivity contribution in [2.75, 3.05) is 91.9 Å². The maximum atomic E-state index is 14.1. The van der Waals surface area contributed by atoms with Gasteiger partial charge in [0.05, 0.1) is 74.6 Å². The lowest BCUT2D eigenvalue weighted by molar-refractivity contribution is -0.155. The van der Waals surface area contributed by atoms with Crippen LogP contribution in [-0.4, -0.2) is 164 Å². The van der Waals surface area contributed by atoms with Gasteiger partial charge in [0.15, 0.2) is 11.3 Å². The zero-order chi connectivity index (χ0) is 65.1. The van der Waals surface area contributed by atoms with E-state index in [1.165, 1.54) is 4.90 Å². The van der Waals surface area contributed by atoms with Crippen LogP contribution in [0.4, 0.5) is 9.59 Å². The maximum Gasteiger partial charge on any atom is 0.417 e. The molecular weight excluding hydrogens is 1190 g/mol. The van der Waals surface area contributed by atoms with E-state index in [1.54, 1.807) is 37.7 Å². The van der Waals surface area contributed by atoms with Crippen LogP contribution in [0.2, 0.25) is 0 Å². The van der Waals surface area contributed by atoms with E-state index in [2.05, 4.69) is 28.9 Å². The first-order valence-corrected chi connectivity index (χ1v) is 32.7. The van der Waals surface area contributed by atoms with E-state index in [0.29, 0.717) is 98.5 Å². The van der Waals surface area contributed by atoms with Crippen LogP contribution in [0, 0.1) is 0 Å². The van der Waals surface area contributed by atoms with Crippen LogP contribution in [0.1, 0.15) is 98.8 Å². The Morgan fingerprint density at radius 2 is 0.904 bits per heavy atom. The number of aromatic nitrogens is 6. The quantitative estimate of drug-likeness (QED) is 0.0489. The molecule has 2 aliphatic heterocycles. The van der Waals surface area contributed by atoms with E-state index in [1.807, 2.05) is 155 Å². The standard InChI is InChI=1S/C38H43N5O6.C36H41N5O4/c1-38(2,3)49-34(44)27-42(18-11-17-41-19-22-46-23-20-41)37(45)48-36-32(25-30-16-10-21-47-30)40-35-31(24-28-12-6-4-7-13-28)39-33(26-43(35)36)29-14-8-5-9-15-29;1-2-3-18-40(19-11-17-39-20-23-43-24-21-39)36(42)45-35-32(26-30-16-10-22-44-30)38-34-31(25-28-12-6-4-7-13-28)37-33(27-41(34)35)29-14-8-5-9-15-29/h4-10,12-16,21,26H,11,17-20,22-25,27H2,1-3H3;4-10,12-16,22,27H,2-3,11,17-21,23-26H2,1H3. The van der Waals surface area contributed by atoms with Gasteiger partial charge in [-0.05, 0) is 75.4 Å². The molecule has 0 spiro atoms. The maximum absolute atomic E-state index is 14.1. The van der Waals surface area contributed by atoms with Gasteiger partial charge in [-0.15, -0.1) is 0 Å². The largest absolute Gasteiger partial charge is 0.469 e. The molecule has 0 unspecified atom stereocenters. The number of nitrogens with zero attached hydrogens (tertiary/aromatic N) is 10. The molecule has 4 aromatic carbocycles. The van der Waals surface area contributed by atoms with Crippen LogP contribution in [0.3, 0.4) is 0 Å². The molecule has 10 aromatic rings. The van der Waals surface area contributed by atoms with Crippen molar-refractivity contribution in [3.8, 4) is 34.3 Å². The molecule has 2 saturated heterocycles. The Hall–Kier alpha value is -9.47. The number of hydrogen-bond acceptors (Lipinski definition) is 16. The third-order valence-corrected chi connectivity index (χ3v) is 16.2. The van der Waals surface area contributed by atoms with E-state index < -0.39 is 17.7 Å². The van der Waals surface area contributed by atoms with Crippen molar-refractivity contribution in [1.82, 2.24) is 48.3 Å². The minimum Gasteiger partial charge on any atom is -0.469 e. The molecule has 0 N–H and O–H groups in total. The number of unbranched alkanes of at least 4 members (excludes halogenated alkanes) is 1. The van der Waals surface area contributed by atoms with Gasteiger partial charge in [0.1, 0.15) is 35.1 Å². The number of morpholine rings is 2. The Balaban J connectivity index is 0.000000192. The highest BCUT2D eigenvalue weighted by Gasteiger charge is 2.30. The summed E-state index contributed by atoms with van der Waals surface area (Å²) in [4.78, 5) is 69.2. The number of rotatable bonds is 25. The van der Waals surface area contributed by atoms with Crippen molar-refractivity contribution in [1.29, 1.82) is 0 Å². The van der Waals surface area contributed by atoms with Gasteiger partial charge in [0.2, 0.25) is 11.8 Å². The third kappa shape index (κ3) is 18.2. The molecule has 8 heterocycles. The van der Waals surface area contributed by atoms with E-state index in [-0.39, 0.29) is 24.9 Å². The van der Waals surface area contributed by atoms with Crippen molar-refractivity contribution in [2.24, 2.45) is 0 Å². The molecule has 20 heteroatoms. The summed E-state index contributed by atoms with van der Waals surface area (Å²) in [6, 6.07) is 47.6. The minimum absolute atomic E-state index is 0.243. The van der Waals surface area contributed by atoms with Crippen molar-refractivity contribution in [2.45, 2.75) is 84.7 Å². The number of carbonyl (C=O) groups excluding carboxylic acids is 3. The van der Waals surface area contributed by atoms with Crippen LogP contribution in [0.5, 0.6) is 11.8 Å². The first-order valence-electron chi connectivity index (χ1n) is 32.7. The fraction of sp³-hybridized carbons (Fsp3) is 0.365. The Kier molecular flexibility index (Phi) is 22.7. The zero-order valence-corrected chi connectivity index (χ0v) is 54.3. The van der Waals surface area contributed by atoms with Crippen molar-refractivity contribution < 1.29 is 46.9 Å². The second-order valence-corrected chi connectivity index (χ2v) is 24.5. The van der Waals surface area contributed by atoms with Gasteiger partial charge in [-0.2, -0.15) is 0 Å². The molecule has 0 aliphatic carbocycles. The highest BCUT2D eigenvalue weighted by molar-refractivity contribution is 5.80. The summed E-state index contributed by atoms with van der Waals surface area (Å²) in [5, 5.41) is 0. The van der Waals surface area contributed by atoms with Gasteiger partial charge in [0, 0.05) is 95.3 Å². The number of esters is 1. The Morgan fingerprint density at radius 3 is 1.32 bits per heavy atom. The number of ether oxygens (including phenoxy) is 5. The highest BCUT2D eigenvalue weighted by atomic mass is 16.6. The molecule has 490 valence electrons.